The van der Waals surface area contributed by atoms with E-state index >= 15 is 0 Å². The number of amides is 2. The third-order valence-electron chi connectivity index (χ3n) is 5.18. The molecule has 2 aliphatic rings. The number of rotatable bonds is 4. The second-order valence-electron chi connectivity index (χ2n) is 6.82. The number of carboxylic acids is 1. The Balaban J connectivity index is 1.58. The van der Waals surface area contributed by atoms with Gasteiger partial charge in [-0.15, -0.1) is 0 Å². The summed E-state index contributed by atoms with van der Waals surface area (Å²) in [6, 6.07) is 3.46. The summed E-state index contributed by atoms with van der Waals surface area (Å²) in [5.74, 6) is -2.46. The van der Waals surface area contributed by atoms with Crippen LogP contribution in [0.3, 0.4) is 0 Å². The van der Waals surface area contributed by atoms with Gasteiger partial charge in [0.1, 0.15) is 11.9 Å². The van der Waals surface area contributed by atoms with Crippen LogP contribution < -0.4 is 10.2 Å². The lowest BCUT2D eigenvalue weighted by Gasteiger charge is -2.26. The van der Waals surface area contributed by atoms with Gasteiger partial charge in [-0.3, -0.25) is 14.4 Å². The van der Waals surface area contributed by atoms with Crippen molar-refractivity contribution in [1.29, 1.82) is 0 Å². The first kappa shape index (κ1) is 18.6. The molecule has 0 bridgehead atoms. The van der Waals surface area contributed by atoms with E-state index in [1.54, 1.807) is 0 Å². The molecule has 1 saturated heterocycles. The predicted octanol–water partition coefficient (Wildman–Crippen LogP) is 2.59. The molecule has 26 heavy (non-hydrogen) atoms. The summed E-state index contributed by atoms with van der Waals surface area (Å²) in [6.07, 6.45) is 2.45. The van der Waals surface area contributed by atoms with E-state index in [2.05, 4.69) is 5.32 Å². The van der Waals surface area contributed by atoms with Gasteiger partial charge in [-0.05, 0) is 50.3 Å². The van der Waals surface area contributed by atoms with Crippen molar-refractivity contribution in [1.82, 2.24) is 5.32 Å². The maximum atomic E-state index is 13.3. The van der Waals surface area contributed by atoms with Gasteiger partial charge in [-0.2, -0.15) is 0 Å². The van der Waals surface area contributed by atoms with E-state index in [1.165, 1.54) is 23.1 Å². The van der Waals surface area contributed by atoms with Gasteiger partial charge >= 0.3 is 5.97 Å². The van der Waals surface area contributed by atoms with Crippen molar-refractivity contribution in [3.05, 3.63) is 29.0 Å². The molecule has 1 heterocycles. The van der Waals surface area contributed by atoms with E-state index in [0.29, 0.717) is 44.3 Å². The number of anilines is 1. The molecule has 0 radical (unpaired) electrons. The molecule has 1 aromatic rings. The second kappa shape index (κ2) is 7.61. The molecule has 3 rings (SSSR count). The molecule has 6 nitrogen and oxygen atoms in total. The van der Waals surface area contributed by atoms with Gasteiger partial charge in [-0.25, -0.2) is 4.39 Å². The van der Waals surface area contributed by atoms with E-state index in [1.807, 2.05) is 0 Å². The van der Waals surface area contributed by atoms with Crippen LogP contribution >= 0.6 is 11.6 Å². The number of halogens is 2. The maximum Gasteiger partial charge on any atom is 0.306 e. The van der Waals surface area contributed by atoms with E-state index in [-0.39, 0.29) is 28.7 Å². The van der Waals surface area contributed by atoms with Crippen LogP contribution in [0.15, 0.2) is 18.2 Å². The largest absolute Gasteiger partial charge is 0.481 e. The molecule has 1 atom stereocenters. The number of nitrogens with one attached hydrogen (secondary N) is 1. The molecule has 140 valence electrons. The molecule has 8 heteroatoms. The number of aliphatic carboxylic acids is 1. The Morgan fingerprint density at radius 1 is 1.15 bits per heavy atom. The van der Waals surface area contributed by atoms with Crippen LogP contribution in [0, 0.1) is 17.7 Å². The summed E-state index contributed by atoms with van der Waals surface area (Å²) >= 11 is 5.77. The zero-order valence-corrected chi connectivity index (χ0v) is 14.8. The third-order valence-corrected chi connectivity index (χ3v) is 5.47. The summed E-state index contributed by atoms with van der Waals surface area (Å²) in [5, 5.41) is 11.7. The molecular formula is C18H20ClFN2O4. The molecule has 1 aromatic carbocycles. The predicted molar refractivity (Wildman–Crippen MR) is 93.4 cm³/mol. The fourth-order valence-corrected chi connectivity index (χ4v) is 3.79. The van der Waals surface area contributed by atoms with Gasteiger partial charge in [0, 0.05) is 18.2 Å². The van der Waals surface area contributed by atoms with Crippen LogP contribution in [0.5, 0.6) is 0 Å². The Morgan fingerprint density at radius 2 is 1.81 bits per heavy atom. The second-order valence-corrected chi connectivity index (χ2v) is 7.23. The van der Waals surface area contributed by atoms with Gasteiger partial charge in [-0.1, -0.05) is 11.6 Å². The van der Waals surface area contributed by atoms with Crippen molar-refractivity contribution in [3.63, 3.8) is 0 Å². The lowest BCUT2D eigenvalue weighted by molar-refractivity contribution is -0.144. The van der Waals surface area contributed by atoms with Crippen molar-refractivity contribution in [2.75, 3.05) is 11.4 Å². The minimum absolute atomic E-state index is 0.0574. The van der Waals surface area contributed by atoms with E-state index < -0.39 is 17.8 Å². The Morgan fingerprint density at radius 3 is 2.42 bits per heavy atom. The van der Waals surface area contributed by atoms with E-state index in [9.17, 15) is 18.8 Å². The third kappa shape index (κ3) is 3.82. The molecule has 2 fully saturated rings. The molecule has 2 amide bonds. The summed E-state index contributed by atoms with van der Waals surface area (Å²) < 4.78 is 13.3. The number of carbonyl (C=O) groups excluding carboxylic acids is 2. The summed E-state index contributed by atoms with van der Waals surface area (Å²) in [7, 11) is 0. The maximum absolute atomic E-state index is 13.3. The van der Waals surface area contributed by atoms with Crippen LogP contribution in [0.4, 0.5) is 10.1 Å². The number of hydrogen-bond donors (Lipinski definition) is 2. The molecule has 1 unspecified atom stereocenters. The number of benzene rings is 1. The highest BCUT2D eigenvalue weighted by Crippen LogP contribution is 2.30. The summed E-state index contributed by atoms with van der Waals surface area (Å²) in [5.41, 5.74) is 0.500. The van der Waals surface area contributed by atoms with Crippen LogP contribution in [0.1, 0.15) is 32.1 Å². The lowest BCUT2D eigenvalue weighted by atomic mass is 9.81. The normalized spacial score (nSPS) is 26.0. The van der Waals surface area contributed by atoms with Crippen molar-refractivity contribution in [2.24, 2.45) is 11.8 Å². The Bertz CT molecular complexity index is 734. The number of hydrogen-bond acceptors (Lipinski definition) is 3. The Labute approximate surface area is 155 Å². The minimum atomic E-state index is -0.816. The minimum Gasteiger partial charge on any atom is -0.481 e. The van der Waals surface area contributed by atoms with Crippen LogP contribution in [-0.2, 0) is 14.4 Å². The van der Waals surface area contributed by atoms with Crippen LogP contribution in [-0.4, -0.2) is 35.5 Å². The van der Waals surface area contributed by atoms with Crippen LogP contribution in [0.2, 0.25) is 5.02 Å². The first-order valence-corrected chi connectivity index (χ1v) is 9.04. The van der Waals surface area contributed by atoms with Gasteiger partial charge in [0.25, 0.3) is 0 Å². The topological polar surface area (TPSA) is 86.7 Å². The van der Waals surface area contributed by atoms with E-state index in [4.69, 9.17) is 16.7 Å². The van der Waals surface area contributed by atoms with Crippen molar-refractivity contribution in [3.8, 4) is 0 Å². The first-order valence-electron chi connectivity index (χ1n) is 8.66. The number of nitrogens with zero attached hydrogens (tertiary/aromatic N) is 1. The fourth-order valence-electron chi connectivity index (χ4n) is 3.62. The van der Waals surface area contributed by atoms with Crippen molar-refractivity contribution >= 4 is 35.1 Å². The quantitative estimate of drug-likeness (QED) is 0.838. The standard InChI is InChI=1S/C18H20ClFN2O4/c19-13-9-12(5-6-14(13)20)22-8-7-15(17(22)24)21-16(23)10-1-3-11(4-2-10)18(25)26/h5-6,9-11,15H,1-4,7-8H2,(H,21,23)(H,25,26). The van der Waals surface area contributed by atoms with Gasteiger partial charge < -0.3 is 15.3 Å². The average molecular weight is 383 g/mol. The molecular weight excluding hydrogens is 363 g/mol. The van der Waals surface area contributed by atoms with Gasteiger partial charge in [0.05, 0.1) is 10.9 Å². The zero-order valence-electron chi connectivity index (χ0n) is 14.1. The van der Waals surface area contributed by atoms with E-state index in [0.717, 1.165) is 0 Å². The highest BCUT2D eigenvalue weighted by atomic mass is 35.5. The summed E-state index contributed by atoms with van der Waals surface area (Å²) in [6.45, 7) is 0.414. The average Bonchev–Trinajstić information content (AvgIpc) is 2.98. The van der Waals surface area contributed by atoms with Crippen molar-refractivity contribution < 1.29 is 23.9 Å². The zero-order chi connectivity index (χ0) is 18.8. The smallest absolute Gasteiger partial charge is 0.306 e. The van der Waals surface area contributed by atoms with Crippen molar-refractivity contribution in [2.45, 2.75) is 38.1 Å². The SMILES string of the molecule is O=C(O)C1CCC(C(=O)NC2CCN(c3ccc(F)c(Cl)c3)C2=O)CC1. The number of carbonyl (C=O) groups is 3. The molecule has 0 spiro atoms. The molecule has 0 aromatic heterocycles. The van der Waals surface area contributed by atoms with Crippen LogP contribution in [0.25, 0.3) is 0 Å². The Kier molecular flexibility index (Phi) is 5.46. The monoisotopic (exact) mass is 382 g/mol. The lowest BCUT2D eigenvalue weighted by Crippen LogP contribution is -2.44. The summed E-state index contributed by atoms with van der Waals surface area (Å²) in [4.78, 5) is 37.4. The molecule has 1 aliphatic heterocycles. The molecule has 1 aliphatic carbocycles. The highest BCUT2D eigenvalue weighted by Gasteiger charge is 2.36. The number of carboxylic acid groups (broad SMARTS) is 1. The van der Waals surface area contributed by atoms with Gasteiger partial charge in [0.2, 0.25) is 11.8 Å². The molecule has 2 N–H and O–H groups in total. The molecule has 1 saturated carbocycles. The first-order chi connectivity index (χ1) is 12.4. The fraction of sp³-hybridized carbons (Fsp3) is 0.500. The Hall–Kier alpha value is -2.15. The highest BCUT2D eigenvalue weighted by molar-refractivity contribution is 6.31. The van der Waals surface area contributed by atoms with Gasteiger partial charge in [0.15, 0.2) is 0 Å².